The lowest BCUT2D eigenvalue weighted by Crippen LogP contribution is -2.41. The normalized spacial score (nSPS) is 16.7. The van der Waals surface area contributed by atoms with Crippen molar-refractivity contribution in [2.45, 2.75) is 26.3 Å². The maximum absolute atomic E-state index is 12.9. The zero-order valence-electron chi connectivity index (χ0n) is 19.1. The first-order valence-corrected chi connectivity index (χ1v) is 11.7. The van der Waals surface area contributed by atoms with Crippen molar-refractivity contribution in [1.29, 1.82) is 0 Å². The van der Waals surface area contributed by atoms with Crippen LogP contribution in [0.5, 0.6) is 0 Å². The molecule has 168 valence electrons. The van der Waals surface area contributed by atoms with Crippen LogP contribution in [0.25, 0.3) is 16.5 Å². The minimum absolute atomic E-state index is 0.0129. The Labute approximate surface area is 195 Å². The van der Waals surface area contributed by atoms with Crippen molar-refractivity contribution < 1.29 is 4.79 Å². The number of nitrogens with one attached hydrogen (secondary N) is 1. The van der Waals surface area contributed by atoms with Gasteiger partial charge in [0, 0.05) is 36.7 Å². The molecule has 0 spiro atoms. The second kappa shape index (κ2) is 9.59. The lowest BCUT2D eigenvalue weighted by molar-refractivity contribution is 0.0931. The molecule has 4 aromatic rings. The van der Waals surface area contributed by atoms with Gasteiger partial charge in [-0.2, -0.15) is 0 Å². The molecule has 0 radical (unpaired) electrons. The average Bonchev–Trinajstić information content (AvgIpc) is 3.30. The number of fused-ring (bicyclic) bond motifs is 1. The van der Waals surface area contributed by atoms with Crippen LogP contribution in [0.1, 0.15) is 34.6 Å². The number of piperidine rings is 1. The number of carbonyl (C=O) groups excluding carboxylic acids is 1. The third kappa shape index (κ3) is 4.83. The molecule has 33 heavy (non-hydrogen) atoms. The van der Waals surface area contributed by atoms with Gasteiger partial charge in [0.15, 0.2) is 0 Å². The summed E-state index contributed by atoms with van der Waals surface area (Å²) in [5, 5.41) is 5.30. The Balaban J connectivity index is 1.21. The van der Waals surface area contributed by atoms with Crippen LogP contribution in [-0.4, -0.2) is 40.0 Å². The van der Waals surface area contributed by atoms with Crippen molar-refractivity contribution in [2.24, 2.45) is 5.92 Å². The van der Waals surface area contributed by atoms with Gasteiger partial charge >= 0.3 is 0 Å². The molecule has 1 N–H and O–H groups in total. The van der Waals surface area contributed by atoms with Crippen LogP contribution in [0.15, 0.2) is 79.1 Å². The fraction of sp³-hybridized carbons (Fsp3) is 0.286. The van der Waals surface area contributed by atoms with E-state index in [9.17, 15) is 4.79 Å². The molecule has 1 fully saturated rings. The van der Waals surface area contributed by atoms with Gasteiger partial charge in [0.1, 0.15) is 5.82 Å². The Bertz CT molecular complexity index is 1260. The van der Waals surface area contributed by atoms with Gasteiger partial charge in [-0.1, -0.05) is 48.5 Å². The van der Waals surface area contributed by atoms with Gasteiger partial charge < -0.3 is 9.88 Å². The van der Waals surface area contributed by atoms with Gasteiger partial charge in [-0.15, -0.1) is 0 Å². The zero-order chi connectivity index (χ0) is 22.6. The minimum Gasteiger partial charge on any atom is -0.352 e. The summed E-state index contributed by atoms with van der Waals surface area (Å²) in [6, 6.07) is 22.5. The number of benzene rings is 3. The maximum Gasteiger partial charge on any atom is 0.251 e. The maximum atomic E-state index is 12.9. The highest BCUT2D eigenvalue weighted by molar-refractivity contribution is 6.06. The fourth-order valence-electron chi connectivity index (χ4n) is 4.88. The molecule has 0 saturated carbocycles. The van der Waals surface area contributed by atoms with Crippen LogP contribution in [0.3, 0.4) is 0 Å². The van der Waals surface area contributed by atoms with E-state index in [0.717, 1.165) is 60.3 Å². The Morgan fingerprint density at radius 2 is 1.94 bits per heavy atom. The van der Waals surface area contributed by atoms with Crippen molar-refractivity contribution in [2.75, 3.05) is 19.6 Å². The number of hydrogen-bond donors (Lipinski definition) is 1. The molecule has 5 rings (SSSR count). The summed E-state index contributed by atoms with van der Waals surface area (Å²) in [5.74, 6) is 1.51. The molecule has 5 heteroatoms. The van der Waals surface area contributed by atoms with Gasteiger partial charge in [-0.25, -0.2) is 4.98 Å². The zero-order valence-corrected chi connectivity index (χ0v) is 19.1. The van der Waals surface area contributed by atoms with E-state index < -0.39 is 0 Å². The Morgan fingerprint density at radius 1 is 1.09 bits per heavy atom. The lowest BCUT2D eigenvalue weighted by atomic mass is 9.97. The summed E-state index contributed by atoms with van der Waals surface area (Å²) in [6.45, 7) is 5.66. The molecule has 1 aromatic heterocycles. The number of rotatable bonds is 6. The quantitative estimate of drug-likeness (QED) is 0.462. The van der Waals surface area contributed by atoms with E-state index in [4.69, 9.17) is 0 Å². The van der Waals surface area contributed by atoms with Crippen molar-refractivity contribution in [3.8, 4) is 5.69 Å². The molecule has 1 atom stereocenters. The second-order valence-electron chi connectivity index (χ2n) is 9.03. The summed E-state index contributed by atoms with van der Waals surface area (Å²) in [6.07, 6.45) is 6.19. The molecule has 1 unspecified atom stereocenters. The summed E-state index contributed by atoms with van der Waals surface area (Å²) >= 11 is 0. The highest BCUT2D eigenvalue weighted by Crippen LogP contribution is 2.21. The third-order valence-electron chi connectivity index (χ3n) is 6.55. The lowest BCUT2D eigenvalue weighted by Gasteiger charge is -2.32. The van der Waals surface area contributed by atoms with Crippen LogP contribution < -0.4 is 5.32 Å². The number of aryl methyl sites for hydroxylation is 1. The first kappa shape index (κ1) is 21.4. The largest absolute Gasteiger partial charge is 0.352 e. The Morgan fingerprint density at radius 3 is 2.85 bits per heavy atom. The van der Waals surface area contributed by atoms with Gasteiger partial charge in [0.25, 0.3) is 5.91 Å². The molecule has 3 aromatic carbocycles. The van der Waals surface area contributed by atoms with E-state index in [1.165, 1.54) is 5.56 Å². The van der Waals surface area contributed by atoms with E-state index in [-0.39, 0.29) is 5.91 Å². The van der Waals surface area contributed by atoms with E-state index >= 15 is 0 Å². The van der Waals surface area contributed by atoms with Crippen LogP contribution >= 0.6 is 0 Å². The number of carbonyl (C=O) groups is 1. The number of aromatic nitrogens is 2. The molecular formula is C28H30N4O. The first-order valence-electron chi connectivity index (χ1n) is 11.7. The predicted octanol–water partition coefficient (Wildman–Crippen LogP) is 4.98. The number of nitrogens with zero attached hydrogens (tertiary/aromatic N) is 3. The molecular weight excluding hydrogens is 408 g/mol. The first-order chi connectivity index (χ1) is 16.2. The van der Waals surface area contributed by atoms with Crippen LogP contribution in [0.4, 0.5) is 0 Å². The molecule has 1 saturated heterocycles. The Hall–Kier alpha value is -3.44. The number of amides is 1. The highest BCUT2D eigenvalue weighted by atomic mass is 16.1. The van der Waals surface area contributed by atoms with Crippen molar-refractivity contribution >= 4 is 16.7 Å². The predicted molar refractivity (Wildman–Crippen MR) is 133 cm³/mol. The minimum atomic E-state index is 0.0129. The fourth-order valence-corrected chi connectivity index (χ4v) is 4.88. The Kier molecular flexibility index (Phi) is 6.22. The van der Waals surface area contributed by atoms with Gasteiger partial charge in [0.05, 0.1) is 6.54 Å². The van der Waals surface area contributed by atoms with E-state index in [1.807, 2.05) is 54.9 Å². The van der Waals surface area contributed by atoms with Gasteiger partial charge in [0.2, 0.25) is 0 Å². The topological polar surface area (TPSA) is 50.2 Å². The molecule has 2 heterocycles. The molecule has 1 amide bonds. The van der Waals surface area contributed by atoms with E-state index in [2.05, 4.69) is 51.0 Å². The summed E-state index contributed by atoms with van der Waals surface area (Å²) in [5.41, 5.74) is 3.14. The van der Waals surface area contributed by atoms with Crippen LogP contribution in [-0.2, 0) is 6.54 Å². The molecule has 0 aliphatic carbocycles. The van der Waals surface area contributed by atoms with Crippen LogP contribution in [0.2, 0.25) is 0 Å². The van der Waals surface area contributed by atoms with Gasteiger partial charge in [-0.05, 0) is 66.8 Å². The second-order valence-corrected chi connectivity index (χ2v) is 9.03. The summed E-state index contributed by atoms with van der Waals surface area (Å²) in [7, 11) is 0. The van der Waals surface area contributed by atoms with Crippen molar-refractivity contribution in [3.63, 3.8) is 0 Å². The SMILES string of the molecule is Cc1cccc(-n2ccnc2CN2CCCC(CNC(=O)c3cccc4ccccc34)C2)c1. The number of imidazole rings is 1. The van der Waals surface area contributed by atoms with Crippen LogP contribution in [0, 0.1) is 12.8 Å². The van der Waals surface area contributed by atoms with Crippen molar-refractivity contribution in [3.05, 3.63) is 96.1 Å². The molecule has 5 nitrogen and oxygen atoms in total. The molecule has 1 aliphatic heterocycles. The standard InChI is InChI=1S/C28H30N4O/c1-21-7-4-11-24(17-21)32-16-14-29-27(32)20-31-15-6-8-22(19-31)18-30-28(33)26-13-5-10-23-9-2-3-12-25(23)26/h2-5,7,9-14,16-17,22H,6,8,15,18-20H2,1H3,(H,30,33). The number of hydrogen-bond acceptors (Lipinski definition) is 3. The molecule has 0 bridgehead atoms. The van der Waals surface area contributed by atoms with E-state index in [0.29, 0.717) is 12.5 Å². The van der Waals surface area contributed by atoms with E-state index in [1.54, 1.807) is 0 Å². The van der Waals surface area contributed by atoms with Crippen molar-refractivity contribution in [1.82, 2.24) is 19.8 Å². The number of likely N-dealkylation sites (tertiary alicyclic amines) is 1. The summed E-state index contributed by atoms with van der Waals surface area (Å²) < 4.78 is 2.18. The highest BCUT2D eigenvalue weighted by Gasteiger charge is 2.22. The average molecular weight is 439 g/mol. The van der Waals surface area contributed by atoms with Gasteiger partial charge in [-0.3, -0.25) is 9.69 Å². The third-order valence-corrected chi connectivity index (χ3v) is 6.55. The molecule has 1 aliphatic rings. The monoisotopic (exact) mass is 438 g/mol. The smallest absolute Gasteiger partial charge is 0.251 e. The summed E-state index contributed by atoms with van der Waals surface area (Å²) in [4.78, 5) is 20.0.